The van der Waals surface area contributed by atoms with Gasteiger partial charge < -0.3 is 4.74 Å². The Morgan fingerprint density at radius 3 is 1.91 bits per heavy atom. The maximum Gasteiger partial charge on any atom is 0.357 e. The molecule has 5 heteroatoms. The minimum absolute atomic E-state index is 0.246. The number of hydrogen-bond acceptors (Lipinski definition) is 3. The first-order valence-corrected chi connectivity index (χ1v) is 9.23. The Labute approximate surface area is 145 Å². The third-order valence-corrected chi connectivity index (χ3v) is 6.11. The van der Waals surface area contributed by atoms with Crippen molar-refractivity contribution in [3.05, 3.63) is 73.4 Å². The van der Waals surface area contributed by atoms with Crippen LogP contribution in [0, 0.1) is 7.14 Å². The number of rotatable bonds is 5. The normalized spacial score (nSPS) is 13.7. The number of hydrogen-bond donors (Lipinski definition) is 0. The van der Waals surface area contributed by atoms with Crippen LogP contribution in [-0.2, 0) is 16.1 Å². The van der Waals surface area contributed by atoms with Crippen LogP contribution in [0.15, 0.2) is 60.7 Å². The van der Waals surface area contributed by atoms with Gasteiger partial charge in [-0.15, -0.1) is 0 Å². The lowest BCUT2D eigenvalue weighted by Gasteiger charge is -2.13. The van der Waals surface area contributed by atoms with Crippen molar-refractivity contribution in [1.29, 1.82) is 0 Å². The van der Waals surface area contributed by atoms with Crippen molar-refractivity contribution in [3.63, 3.8) is 0 Å². The van der Waals surface area contributed by atoms with Crippen molar-refractivity contribution < 1.29 is 35.5 Å². The standard InChI is InChI=1S/C18H15INO3/c1-23-16-8-6-15(7-9-16)19-14-4-2-13(3-5-14)12-20-17(21)10-11-18(20)22/h2-11H,12H2,1H3/q+1. The first kappa shape index (κ1) is 15.7. The molecule has 0 aromatic heterocycles. The van der Waals surface area contributed by atoms with E-state index >= 15 is 0 Å². The predicted octanol–water partition coefficient (Wildman–Crippen LogP) is -0.751. The molecular formula is C18H15INO3+. The van der Waals surface area contributed by atoms with Crippen LogP contribution in [0.5, 0.6) is 5.75 Å². The lowest BCUT2D eigenvalue weighted by Crippen LogP contribution is -3.61. The first-order chi connectivity index (χ1) is 11.2. The van der Waals surface area contributed by atoms with Gasteiger partial charge in [-0.25, -0.2) is 0 Å². The van der Waals surface area contributed by atoms with E-state index in [9.17, 15) is 9.59 Å². The number of carbonyl (C=O) groups is 2. The van der Waals surface area contributed by atoms with Crippen molar-refractivity contribution >= 4 is 11.8 Å². The Kier molecular flexibility index (Phi) is 4.76. The number of ether oxygens (including phenoxy) is 1. The Bertz CT molecular complexity index is 733. The molecule has 23 heavy (non-hydrogen) atoms. The number of benzene rings is 2. The number of carbonyl (C=O) groups excluding carboxylic acids is 2. The highest BCUT2D eigenvalue weighted by Crippen LogP contribution is 2.10. The third kappa shape index (κ3) is 3.79. The highest BCUT2D eigenvalue weighted by molar-refractivity contribution is 6.12. The fourth-order valence-electron chi connectivity index (χ4n) is 2.18. The van der Waals surface area contributed by atoms with E-state index in [1.165, 1.54) is 24.2 Å². The second-order valence-corrected chi connectivity index (χ2v) is 8.01. The van der Waals surface area contributed by atoms with Gasteiger partial charge in [0.05, 0.1) is 13.7 Å². The number of amides is 2. The van der Waals surface area contributed by atoms with Crippen molar-refractivity contribution in [1.82, 2.24) is 4.90 Å². The summed E-state index contributed by atoms with van der Waals surface area (Å²) in [5, 5.41) is 0. The lowest BCUT2D eigenvalue weighted by atomic mass is 10.2. The molecule has 0 saturated carbocycles. The van der Waals surface area contributed by atoms with Gasteiger partial charge >= 0.3 is 21.2 Å². The molecular weight excluding hydrogens is 405 g/mol. The molecule has 0 bridgehead atoms. The van der Waals surface area contributed by atoms with Crippen molar-refractivity contribution in [2.45, 2.75) is 6.54 Å². The van der Waals surface area contributed by atoms with Gasteiger partial charge in [0.1, 0.15) is 5.75 Å². The zero-order valence-corrected chi connectivity index (χ0v) is 14.7. The van der Waals surface area contributed by atoms with Crippen LogP contribution in [0.25, 0.3) is 0 Å². The number of methoxy groups -OCH3 is 1. The van der Waals surface area contributed by atoms with Gasteiger partial charge in [-0.2, -0.15) is 0 Å². The van der Waals surface area contributed by atoms with Gasteiger partial charge in [-0.05, 0) is 42.0 Å². The summed E-state index contributed by atoms with van der Waals surface area (Å²) < 4.78 is 7.76. The first-order valence-electron chi connectivity index (χ1n) is 7.07. The molecule has 0 saturated heterocycles. The molecule has 0 radical (unpaired) electrons. The van der Waals surface area contributed by atoms with E-state index in [0.717, 1.165) is 11.3 Å². The summed E-state index contributed by atoms with van der Waals surface area (Å²) in [6, 6.07) is 16.2. The molecule has 0 unspecified atom stereocenters. The molecule has 2 aromatic rings. The average Bonchev–Trinajstić information content (AvgIpc) is 2.89. The molecule has 0 fully saturated rings. The van der Waals surface area contributed by atoms with E-state index in [-0.39, 0.29) is 33.0 Å². The maximum absolute atomic E-state index is 11.6. The second-order valence-electron chi connectivity index (χ2n) is 4.97. The smallest absolute Gasteiger partial charge is 0.357 e. The summed E-state index contributed by atoms with van der Waals surface area (Å²) in [5.74, 6) is 0.371. The van der Waals surface area contributed by atoms with Gasteiger partial charge in [0.2, 0.25) is 0 Å². The summed E-state index contributed by atoms with van der Waals surface area (Å²) in [7, 11) is 1.66. The van der Waals surface area contributed by atoms with Crippen LogP contribution in [0.4, 0.5) is 0 Å². The SMILES string of the molecule is COc1ccc([I+]c2ccc(CN3C(=O)C=CC3=O)cc2)cc1. The minimum Gasteiger partial charge on any atom is -0.497 e. The highest BCUT2D eigenvalue weighted by Gasteiger charge is 2.23. The van der Waals surface area contributed by atoms with Gasteiger partial charge in [0.25, 0.3) is 11.8 Å². The van der Waals surface area contributed by atoms with Crippen LogP contribution in [0.1, 0.15) is 5.56 Å². The molecule has 0 spiro atoms. The molecule has 116 valence electrons. The molecule has 1 aliphatic rings. The summed E-state index contributed by atoms with van der Waals surface area (Å²) in [6.45, 7) is 0.325. The fraction of sp³-hybridized carbons (Fsp3) is 0.111. The summed E-state index contributed by atoms with van der Waals surface area (Å²) >= 11 is -0.252. The summed E-state index contributed by atoms with van der Waals surface area (Å²) in [5.41, 5.74) is 0.956. The molecule has 4 nitrogen and oxygen atoms in total. The van der Waals surface area contributed by atoms with E-state index in [1.54, 1.807) is 7.11 Å². The van der Waals surface area contributed by atoms with Crippen molar-refractivity contribution in [3.8, 4) is 5.75 Å². The Balaban J connectivity index is 1.64. The molecule has 1 heterocycles. The van der Waals surface area contributed by atoms with Crippen LogP contribution < -0.4 is 25.9 Å². The fourth-order valence-corrected chi connectivity index (χ4v) is 4.34. The van der Waals surface area contributed by atoms with E-state index in [2.05, 4.69) is 24.3 Å². The number of nitrogens with zero attached hydrogens (tertiary/aromatic N) is 1. The highest BCUT2D eigenvalue weighted by atomic mass is 127. The third-order valence-electron chi connectivity index (χ3n) is 3.42. The van der Waals surface area contributed by atoms with Crippen molar-refractivity contribution in [2.75, 3.05) is 7.11 Å². The zero-order valence-electron chi connectivity index (χ0n) is 12.5. The zero-order chi connectivity index (χ0) is 16.2. The Hall–Kier alpha value is -2.15. The molecule has 0 N–H and O–H groups in total. The largest absolute Gasteiger partial charge is 0.497 e. The van der Waals surface area contributed by atoms with Crippen molar-refractivity contribution in [2.24, 2.45) is 0 Å². The molecule has 2 aromatic carbocycles. The molecule has 1 aliphatic heterocycles. The maximum atomic E-state index is 11.6. The minimum atomic E-state index is -0.252. The van der Waals surface area contributed by atoms with E-state index in [1.807, 2.05) is 24.3 Å². The van der Waals surface area contributed by atoms with Crippen LogP contribution in [0.2, 0.25) is 0 Å². The Morgan fingerprint density at radius 1 is 0.870 bits per heavy atom. The lowest BCUT2D eigenvalue weighted by molar-refractivity contribution is -0.597. The monoisotopic (exact) mass is 420 g/mol. The van der Waals surface area contributed by atoms with Gasteiger partial charge in [-0.3, -0.25) is 14.5 Å². The van der Waals surface area contributed by atoms with E-state index in [4.69, 9.17) is 4.74 Å². The second kappa shape index (κ2) is 6.95. The van der Waals surface area contributed by atoms with Crippen LogP contribution in [-0.4, -0.2) is 23.8 Å². The molecule has 0 atom stereocenters. The van der Waals surface area contributed by atoms with E-state index < -0.39 is 0 Å². The van der Waals surface area contributed by atoms with Gasteiger partial charge in [-0.1, -0.05) is 12.1 Å². The number of imide groups is 1. The molecule has 2 amide bonds. The van der Waals surface area contributed by atoms with Crippen LogP contribution in [0.3, 0.4) is 0 Å². The van der Waals surface area contributed by atoms with Crippen LogP contribution >= 0.6 is 0 Å². The average molecular weight is 420 g/mol. The molecule has 0 aliphatic carbocycles. The molecule has 3 rings (SSSR count). The quantitative estimate of drug-likeness (QED) is 0.473. The van der Waals surface area contributed by atoms with Gasteiger partial charge in [0, 0.05) is 12.2 Å². The van der Waals surface area contributed by atoms with Gasteiger partial charge in [0.15, 0.2) is 7.14 Å². The number of halogens is 1. The Morgan fingerprint density at radius 2 is 1.39 bits per heavy atom. The topological polar surface area (TPSA) is 46.6 Å². The summed E-state index contributed by atoms with van der Waals surface area (Å²) in [6.07, 6.45) is 2.62. The summed E-state index contributed by atoms with van der Waals surface area (Å²) in [4.78, 5) is 24.4. The predicted molar refractivity (Wildman–Crippen MR) is 81.5 cm³/mol. The van der Waals surface area contributed by atoms with E-state index in [0.29, 0.717) is 6.54 Å².